The summed E-state index contributed by atoms with van der Waals surface area (Å²) in [5.41, 5.74) is 7.60. The van der Waals surface area contributed by atoms with Gasteiger partial charge in [0.25, 0.3) is 0 Å². The lowest BCUT2D eigenvalue weighted by atomic mass is 10.2. The number of carboxylic acid groups (broad SMARTS) is 1. The molecule has 0 atom stereocenters. The molecule has 88 valence electrons. The maximum absolute atomic E-state index is 10.8. The second kappa shape index (κ2) is 4.84. The van der Waals surface area contributed by atoms with Crippen molar-refractivity contribution in [1.29, 1.82) is 0 Å². The molecule has 1 aromatic heterocycles. The lowest BCUT2D eigenvalue weighted by Gasteiger charge is -2.06. The Balaban J connectivity index is 2.07. The van der Waals surface area contributed by atoms with Crippen LogP contribution < -0.4 is 10.5 Å². The molecule has 0 saturated heterocycles. The van der Waals surface area contributed by atoms with Crippen molar-refractivity contribution in [1.82, 2.24) is 4.98 Å². The number of aromatic nitrogens is 1. The molecule has 2 rings (SSSR count). The first kappa shape index (κ1) is 11.4. The summed E-state index contributed by atoms with van der Waals surface area (Å²) in [6.45, 7) is 0.399. The quantitative estimate of drug-likeness (QED) is 0.810. The Hall–Kier alpha value is -2.08. The molecule has 6 heteroatoms. The van der Waals surface area contributed by atoms with Gasteiger partial charge >= 0.3 is 5.97 Å². The van der Waals surface area contributed by atoms with Crippen molar-refractivity contribution >= 4 is 23.0 Å². The molecule has 3 N–H and O–H groups in total. The first-order valence-electron chi connectivity index (χ1n) is 4.80. The minimum absolute atomic E-state index is 0.0788. The lowest BCUT2D eigenvalue weighted by Crippen LogP contribution is -2.03. The maximum Gasteiger partial charge on any atom is 0.337 e. The summed E-state index contributed by atoms with van der Waals surface area (Å²) in [5.74, 6) is -0.502. The molecule has 0 bridgehead atoms. The van der Waals surface area contributed by atoms with E-state index in [1.807, 2.05) is 0 Å². The van der Waals surface area contributed by atoms with Gasteiger partial charge in [0.05, 0.1) is 16.0 Å². The first-order chi connectivity index (χ1) is 8.16. The van der Waals surface area contributed by atoms with Gasteiger partial charge in [-0.25, -0.2) is 4.79 Å². The fraction of sp³-hybridized carbons (Fsp3) is 0.0909. The van der Waals surface area contributed by atoms with E-state index in [1.165, 1.54) is 23.5 Å². The summed E-state index contributed by atoms with van der Waals surface area (Å²) in [5, 5.41) is 8.81. The molecule has 1 heterocycles. The monoisotopic (exact) mass is 250 g/mol. The zero-order chi connectivity index (χ0) is 12.3. The molecule has 0 aliphatic heterocycles. The van der Waals surface area contributed by atoms with E-state index in [9.17, 15) is 4.79 Å². The van der Waals surface area contributed by atoms with Gasteiger partial charge in [-0.15, -0.1) is 11.3 Å². The summed E-state index contributed by atoms with van der Waals surface area (Å²) < 4.78 is 5.46. The summed E-state index contributed by atoms with van der Waals surface area (Å²) in [7, 11) is 0. The third-order valence-corrected chi connectivity index (χ3v) is 2.87. The van der Waals surface area contributed by atoms with Gasteiger partial charge in [0.2, 0.25) is 0 Å². The van der Waals surface area contributed by atoms with Crippen molar-refractivity contribution in [3.63, 3.8) is 0 Å². The van der Waals surface area contributed by atoms with Gasteiger partial charge in [-0.2, -0.15) is 0 Å². The highest BCUT2D eigenvalue weighted by Crippen LogP contribution is 2.21. The topological polar surface area (TPSA) is 85.4 Å². The van der Waals surface area contributed by atoms with E-state index in [0.29, 0.717) is 12.4 Å². The van der Waals surface area contributed by atoms with E-state index in [0.717, 1.165) is 4.88 Å². The highest BCUT2D eigenvalue weighted by atomic mass is 32.1. The number of nitrogens with zero attached hydrogens (tertiary/aromatic N) is 1. The van der Waals surface area contributed by atoms with Crippen LogP contribution in [0.1, 0.15) is 15.2 Å². The first-order valence-corrected chi connectivity index (χ1v) is 5.68. The van der Waals surface area contributed by atoms with Crippen LogP contribution in [0.2, 0.25) is 0 Å². The number of ether oxygens (including phenoxy) is 1. The van der Waals surface area contributed by atoms with Crippen molar-refractivity contribution in [2.24, 2.45) is 0 Å². The zero-order valence-electron chi connectivity index (χ0n) is 8.79. The molecule has 1 aromatic carbocycles. The van der Waals surface area contributed by atoms with Gasteiger partial charge in [0.15, 0.2) is 0 Å². The summed E-state index contributed by atoms with van der Waals surface area (Å²) in [6, 6.07) is 4.52. The smallest absolute Gasteiger partial charge is 0.337 e. The van der Waals surface area contributed by atoms with E-state index in [2.05, 4.69) is 4.98 Å². The standard InChI is InChI=1S/C11H10N2O3S/c12-10-3-7(1-2-9(10)11(14)15)16-5-8-4-13-6-17-8/h1-4,6H,5,12H2,(H,14,15). The average Bonchev–Trinajstić information content (AvgIpc) is 2.78. The highest BCUT2D eigenvalue weighted by Gasteiger charge is 2.08. The number of aromatic carboxylic acids is 1. The molecule has 17 heavy (non-hydrogen) atoms. The van der Waals surface area contributed by atoms with Crippen LogP contribution in [0.5, 0.6) is 5.75 Å². The van der Waals surface area contributed by atoms with Crippen LogP contribution in [0, 0.1) is 0 Å². The van der Waals surface area contributed by atoms with E-state index in [4.69, 9.17) is 15.6 Å². The molecule has 0 spiro atoms. The molecular weight excluding hydrogens is 240 g/mol. The molecular formula is C11H10N2O3S. The Labute approximate surface area is 101 Å². The van der Waals surface area contributed by atoms with Gasteiger partial charge in [-0.05, 0) is 12.1 Å². The summed E-state index contributed by atoms with van der Waals surface area (Å²) >= 11 is 1.49. The molecule has 0 saturated carbocycles. The number of benzene rings is 1. The van der Waals surface area contributed by atoms with E-state index >= 15 is 0 Å². The Bertz CT molecular complexity index is 526. The zero-order valence-corrected chi connectivity index (χ0v) is 9.61. The minimum atomic E-state index is -1.04. The van der Waals surface area contributed by atoms with Crippen LogP contribution in [0.3, 0.4) is 0 Å². The van der Waals surface area contributed by atoms with Gasteiger partial charge in [-0.3, -0.25) is 4.98 Å². The molecule has 0 aliphatic carbocycles. The van der Waals surface area contributed by atoms with Crippen LogP contribution in [0.15, 0.2) is 29.9 Å². The van der Waals surface area contributed by atoms with Crippen LogP contribution in [-0.4, -0.2) is 16.1 Å². The number of nitrogen functional groups attached to an aromatic ring is 1. The number of carboxylic acids is 1. The Morgan fingerprint density at radius 3 is 2.94 bits per heavy atom. The van der Waals surface area contributed by atoms with Crippen molar-refractivity contribution in [2.75, 3.05) is 5.73 Å². The molecule has 0 radical (unpaired) electrons. The summed E-state index contributed by atoms with van der Waals surface area (Å²) in [4.78, 5) is 15.7. The maximum atomic E-state index is 10.8. The van der Waals surface area contributed by atoms with E-state index in [1.54, 1.807) is 17.8 Å². The lowest BCUT2D eigenvalue weighted by molar-refractivity contribution is 0.0698. The number of hydrogen-bond acceptors (Lipinski definition) is 5. The predicted molar refractivity (Wildman–Crippen MR) is 64.3 cm³/mol. The fourth-order valence-electron chi connectivity index (χ4n) is 1.29. The molecule has 0 aliphatic rings. The third-order valence-electron chi connectivity index (χ3n) is 2.12. The second-order valence-electron chi connectivity index (χ2n) is 3.31. The predicted octanol–water partition coefficient (Wildman–Crippen LogP) is 2.00. The second-order valence-corrected chi connectivity index (χ2v) is 4.28. The minimum Gasteiger partial charge on any atom is -0.488 e. The number of anilines is 1. The largest absolute Gasteiger partial charge is 0.488 e. The van der Waals surface area contributed by atoms with Crippen LogP contribution >= 0.6 is 11.3 Å². The van der Waals surface area contributed by atoms with Crippen molar-refractivity contribution < 1.29 is 14.6 Å². The van der Waals surface area contributed by atoms with Crippen molar-refractivity contribution in [3.05, 3.63) is 40.3 Å². The molecule has 5 nitrogen and oxygen atoms in total. The van der Waals surface area contributed by atoms with E-state index in [-0.39, 0.29) is 11.3 Å². The number of carbonyl (C=O) groups is 1. The normalized spacial score (nSPS) is 10.1. The number of thiazole rings is 1. The van der Waals surface area contributed by atoms with Crippen LogP contribution in [0.4, 0.5) is 5.69 Å². The molecule has 0 amide bonds. The Kier molecular flexibility index (Phi) is 3.24. The number of nitrogens with two attached hydrogens (primary N) is 1. The Morgan fingerprint density at radius 2 is 2.35 bits per heavy atom. The number of rotatable bonds is 4. The third kappa shape index (κ3) is 2.73. The summed E-state index contributed by atoms with van der Waals surface area (Å²) in [6.07, 6.45) is 1.72. The van der Waals surface area contributed by atoms with Gasteiger partial charge < -0.3 is 15.6 Å². The highest BCUT2D eigenvalue weighted by molar-refractivity contribution is 7.09. The van der Waals surface area contributed by atoms with Crippen molar-refractivity contribution in [3.8, 4) is 5.75 Å². The van der Waals surface area contributed by atoms with Gasteiger partial charge in [0, 0.05) is 18.0 Å². The SMILES string of the molecule is Nc1cc(OCc2cncs2)ccc1C(=O)O. The fourth-order valence-corrected chi connectivity index (χ4v) is 1.80. The van der Waals surface area contributed by atoms with Crippen molar-refractivity contribution in [2.45, 2.75) is 6.61 Å². The van der Waals surface area contributed by atoms with E-state index < -0.39 is 5.97 Å². The molecule has 2 aromatic rings. The molecule has 0 fully saturated rings. The number of hydrogen-bond donors (Lipinski definition) is 2. The van der Waals surface area contributed by atoms with Gasteiger partial charge in [0.1, 0.15) is 12.4 Å². The van der Waals surface area contributed by atoms with Crippen LogP contribution in [-0.2, 0) is 6.61 Å². The van der Waals surface area contributed by atoms with Crippen LogP contribution in [0.25, 0.3) is 0 Å². The average molecular weight is 250 g/mol. The molecule has 0 unspecified atom stereocenters. The Morgan fingerprint density at radius 1 is 1.53 bits per heavy atom. The van der Waals surface area contributed by atoms with Gasteiger partial charge in [-0.1, -0.05) is 0 Å².